The van der Waals surface area contributed by atoms with E-state index in [4.69, 9.17) is 9.47 Å². The van der Waals surface area contributed by atoms with E-state index in [1.54, 1.807) is 23.4 Å². The number of aromatic nitrogens is 2. The second-order valence-corrected chi connectivity index (χ2v) is 8.29. The lowest BCUT2D eigenvalue weighted by Gasteiger charge is -2.33. The Balaban J connectivity index is 1.30. The minimum atomic E-state index is -0.474. The smallest absolute Gasteiger partial charge is 0.410 e. The number of piperidine rings is 1. The van der Waals surface area contributed by atoms with E-state index in [0.717, 1.165) is 30.2 Å². The maximum absolute atomic E-state index is 12.2. The second-order valence-electron chi connectivity index (χ2n) is 8.29. The van der Waals surface area contributed by atoms with Gasteiger partial charge in [-0.05, 0) is 52.2 Å². The SMILES string of the molecule is CC(C)(C)OC(=O)N1CCC(OCCCNC(=O)c2cc3cnccc3[nH]2)CC1. The highest BCUT2D eigenvalue weighted by Crippen LogP contribution is 2.17. The van der Waals surface area contributed by atoms with E-state index in [0.29, 0.717) is 31.9 Å². The Morgan fingerprint density at radius 1 is 1.31 bits per heavy atom. The van der Waals surface area contributed by atoms with Crippen LogP contribution in [0.15, 0.2) is 24.5 Å². The van der Waals surface area contributed by atoms with Gasteiger partial charge in [0.25, 0.3) is 5.91 Å². The summed E-state index contributed by atoms with van der Waals surface area (Å²) in [6, 6.07) is 3.64. The van der Waals surface area contributed by atoms with Gasteiger partial charge in [0.15, 0.2) is 0 Å². The molecule has 2 aromatic rings. The van der Waals surface area contributed by atoms with Crippen LogP contribution < -0.4 is 5.32 Å². The van der Waals surface area contributed by atoms with Gasteiger partial charge in [-0.2, -0.15) is 0 Å². The van der Waals surface area contributed by atoms with E-state index in [9.17, 15) is 9.59 Å². The fourth-order valence-electron chi connectivity index (χ4n) is 3.25. The zero-order chi connectivity index (χ0) is 20.9. The molecule has 3 heterocycles. The first-order valence-electron chi connectivity index (χ1n) is 10.1. The first kappa shape index (κ1) is 21.1. The summed E-state index contributed by atoms with van der Waals surface area (Å²) in [6.07, 6.45) is 5.64. The standard InChI is InChI=1S/C21H30N4O4/c1-21(2,3)29-20(27)25-10-6-16(7-11-25)28-12-4-8-23-19(26)18-13-15-14-22-9-5-17(15)24-18/h5,9,13-14,16,24H,4,6-8,10-12H2,1-3H3,(H,23,26). The summed E-state index contributed by atoms with van der Waals surface area (Å²) >= 11 is 0. The first-order valence-corrected chi connectivity index (χ1v) is 10.1. The van der Waals surface area contributed by atoms with Gasteiger partial charge in [-0.25, -0.2) is 4.79 Å². The molecule has 3 rings (SSSR count). The molecule has 0 saturated carbocycles. The van der Waals surface area contributed by atoms with Crippen molar-refractivity contribution >= 4 is 22.9 Å². The Kier molecular flexibility index (Phi) is 6.74. The van der Waals surface area contributed by atoms with Crippen LogP contribution in [-0.2, 0) is 9.47 Å². The van der Waals surface area contributed by atoms with Crippen LogP contribution in [0, 0.1) is 0 Å². The first-order chi connectivity index (χ1) is 13.8. The van der Waals surface area contributed by atoms with Gasteiger partial charge >= 0.3 is 6.09 Å². The third kappa shape index (κ3) is 6.19. The summed E-state index contributed by atoms with van der Waals surface area (Å²) in [5.74, 6) is -0.133. The molecule has 8 heteroatoms. The van der Waals surface area contributed by atoms with Gasteiger partial charge in [-0.3, -0.25) is 9.78 Å². The van der Waals surface area contributed by atoms with Crippen LogP contribution in [0.4, 0.5) is 4.79 Å². The van der Waals surface area contributed by atoms with Crippen molar-refractivity contribution in [3.8, 4) is 0 Å². The van der Waals surface area contributed by atoms with Gasteiger partial charge in [0, 0.05) is 49.5 Å². The number of rotatable bonds is 6. The van der Waals surface area contributed by atoms with Crippen molar-refractivity contribution < 1.29 is 19.1 Å². The van der Waals surface area contributed by atoms with Crippen LogP contribution in [0.3, 0.4) is 0 Å². The maximum Gasteiger partial charge on any atom is 0.410 e. The molecule has 8 nitrogen and oxygen atoms in total. The number of H-pyrrole nitrogens is 1. The van der Waals surface area contributed by atoms with E-state index in [2.05, 4.69) is 15.3 Å². The Morgan fingerprint density at radius 3 is 2.76 bits per heavy atom. The minimum Gasteiger partial charge on any atom is -0.444 e. The van der Waals surface area contributed by atoms with Gasteiger partial charge < -0.3 is 24.7 Å². The highest BCUT2D eigenvalue weighted by molar-refractivity contribution is 5.97. The fourth-order valence-corrected chi connectivity index (χ4v) is 3.25. The summed E-state index contributed by atoms with van der Waals surface area (Å²) in [4.78, 5) is 33.2. The molecule has 2 aromatic heterocycles. The second kappa shape index (κ2) is 9.26. The molecule has 2 N–H and O–H groups in total. The van der Waals surface area contributed by atoms with Crippen LogP contribution in [0.5, 0.6) is 0 Å². The van der Waals surface area contributed by atoms with Crippen molar-refractivity contribution in [3.63, 3.8) is 0 Å². The topological polar surface area (TPSA) is 96.6 Å². The molecule has 0 bridgehead atoms. The lowest BCUT2D eigenvalue weighted by Crippen LogP contribution is -2.43. The van der Waals surface area contributed by atoms with E-state index >= 15 is 0 Å². The average molecular weight is 402 g/mol. The van der Waals surface area contributed by atoms with Crippen molar-refractivity contribution in [3.05, 3.63) is 30.2 Å². The summed E-state index contributed by atoms with van der Waals surface area (Å²) in [6.45, 7) is 8.02. The van der Waals surface area contributed by atoms with E-state index in [1.165, 1.54) is 0 Å². The maximum atomic E-state index is 12.2. The van der Waals surface area contributed by atoms with E-state index in [1.807, 2.05) is 26.8 Å². The summed E-state index contributed by atoms with van der Waals surface area (Å²) < 4.78 is 11.3. The predicted octanol–water partition coefficient (Wildman–Crippen LogP) is 3.10. The van der Waals surface area contributed by atoms with Gasteiger partial charge in [0.1, 0.15) is 11.3 Å². The molecular formula is C21H30N4O4. The fraction of sp³-hybridized carbons (Fsp3) is 0.571. The van der Waals surface area contributed by atoms with Crippen LogP contribution >= 0.6 is 0 Å². The molecular weight excluding hydrogens is 372 g/mol. The molecule has 2 amide bonds. The van der Waals surface area contributed by atoms with Gasteiger partial charge in [-0.15, -0.1) is 0 Å². The Hall–Kier alpha value is -2.61. The number of ether oxygens (including phenoxy) is 2. The van der Waals surface area contributed by atoms with Gasteiger partial charge in [0.2, 0.25) is 0 Å². The molecule has 1 saturated heterocycles. The average Bonchev–Trinajstić information content (AvgIpc) is 3.11. The number of carbonyl (C=O) groups excluding carboxylic acids is 2. The van der Waals surface area contributed by atoms with E-state index < -0.39 is 5.60 Å². The van der Waals surface area contributed by atoms with Crippen molar-refractivity contribution in [2.45, 2.75) is 51.7 Å². The number of hydrogen-bond acceptors (Lipinski definition) is 5. The third-order valence-electron chi connectivity index (χ3n) is 4.72. The number of amides is 2. The molecule has 1 fully saturated rings. The Bertz CT molecular complexity index is 802. The molecule has 0 radical (unpaired) electrons. The molecule has 29 heavy (non-hydrogen) atoms. The molecule has 1 aliphatic heterocycles. The highest BCUT2D eigenvalue weighted by atomic mass is 16.6. The van der Waals surface area contributed by atoms with Gasteiger partial charge in [-0.1, -0.05) is 0 Å². The molecule has 0 unspecified atom stereocenters. The molecule has 1 aliphatic rings. The summed E-state index contributed by atoms with van der Waals surface area (Å²) in [5, 5.41) is 3.82. The lowest BCUT2D eigenvalue weighted by molar-refractivity contribution is -0.0116. The predicted molar refractivity (Wildman–Crippen MR) is 110 cm³/mol. The molecule has 158 valence electrons. The van der Waals surface area contributed by atoms with Crippen LogP contribution in [0.25, 0.3) is 10.9 Å². The minimum absolute atomic E-state index is 0.133. The molecule has 0 aromatic carbocycles. The molecule has 0 spiro atoms. The number of hydrogen-bond donors (Lipinski definition) is 2. The number of likely N-dealkylation sites (tertiary alicyclic amines) is 1. The zero-order valence-electron chi connectivity index (χ0n) is 17.4. The number of carbonyl (C=O) groups is 2. The molecule has 0 atom stereocenters. The van der Waals surface area contributed by atoms with Crippen molar-refractivity contribution in [2.24, 2.45) is 0 Å². The van der Waals surface area contributed by atoms with Crippen LogP contribution in [0.1, 0.15) is 50.5 Å². The number of fused-ring (bicyclic) bond motifs is 1. The third-order valence-corrected chi connectivity index (χ3v) is 4.72. The van der Waals surface area contributed by atoms with Crippen molar-refractivity contribution in [1.82, 2.24) is 20.2 Å². The quantitative estimate of drug-likeness (QED) is 0.724. The zero-order valence-corrected chi connectivity index (χ0v) is 17.4. The molecule has 0 aliphatic carbocycles. The van der Waals surface area contributed by atoms with Crippen molar-refractivity contribution in [1.29, 1.82) is 0 Å². The summed E-state index contributed by atoms with van der Waals surface area (Å²) in [5.41, 5.74) is 0.952. The van der Waals surface area contributed by atoms with Gasteiger partial charge in [0.05, 0.1) is 6.10 Å². The number of nitrogens with zero attached hydrogens (tertiary/aromatic N) is 2. The largest absolute Gasteiger partial charge is 0.444 e. The number of aromatic amines is 1. The monoisotopic (exact) mass is 402 g/mol. The van der Waals surface area contributed by atoms with Crippen LogP contribution in [0.2, 0.25) is 0 Å². The van der Waals surface area contributed by atoms with Crippen LogP contribution in [-0.4, -0.2) is 64.8 Å². The number of nitrogens with one attached hydrogen (secondary N) is 2. The Labute approximate surface area is 171 Å². The van der Waals surface area contributed by atoms with E-state index in [-0.39, 0.29) is 18.1 Å². The Morgan fingerprint density at radius 2 is 2.07 bits per heavy atom. The van der Waals surface area contributed by atoms with Crippen molar-refractivity contribution in [2.75, 3.05) is 26.2 Å². The normalized spacial score (nSPS) is 15.5. The highest BCUT2D eigenvalue weighted by Gasteiger charge is 2.27. The number of pyridine rings is 1. The summed E-state index contributed by atoms with van der Waals surface area (Å²) in [7, 11) is 0. The lowest BCUT2D eigenvalue weighted by atomic mass is 10.1.